The Morgan fingerprint density at radius 3 is 1.26 bits per heavy atom. The van der Waals surface area contributed by atoms with Crippen molar-refractivity contribution in [3.05, 3.63) is 0 Å². The molecular formula is C108H177NO14. The number of rotatable bonds is 20. The Hall–Kier alpha value is -4.04. The van der Waals surface area contributed by atoms with E-state index >= 15 is 0 Å². The van der Waals surface area contributed by atoms with Crippen molar-refractivity contribution in [3.8, 4) is 0 Å². The quantitative estimate of drug-likeness (QED) is 0.0483. The summed E-state index contributed by atoms with van der Waals surface area (Å²) < 4.78 is 35.0. The number of hydrogen-bond donors (Lipinski definition) is 0. The molecule has 19 saturated carbocycles. The molecule has 0 aromatic heterocycles. The van der Waals surface area contributed by atoms with Gasteiger partial charge >= 0.3 is 35.8 Å². The highest BCUT2D eigenvalue weighted by Crippen LogP contribution is 2.70. The van der Waals surface area contributed by atoms with Crippen molar-refractivity contribution in [1.29, 1.82) is 0 Å². The maximum atomic E-state index is 12.7. The SMILES string of the molecule is CCC(C)(C)C(=O)N1C(=O)C2C3CC(C4CCCC43)C21.CCC(C)(C)C(=O)OC12CC3CC(CC(C3)C1)C2.CCC(C)(C)C(=O)OC1CC2CC1C1C3CCC(C3)C21.CCC(C)(C)C(=O)OC1CC2CC1C1CCCC21.CCC(C)(C)C(=O)OC1CC2CCC1(C)C2(C)C.CCC(C)(C)C(=O)OC1CC2CCC1C2.CCC(C)(C)C(=O)OC1CCCCC1. The third-order valence-electron chi connectivity index (χ3n) is 40.2. The van der Waals surface area contributed by atoms with Gasteiger partial charge in [-0.2, -0.15) is 0 Å². The second-order valence-corrected chi connectivity index (χ2v) is 50.2. The average Bonchev–Trinajstić information content (AvgIpc) is 1.54. The smallest absolute Gasteiger partial charge is 0.312 e. The van der Waals surface area contributed by atoms with E-state index in [4.69, 9.17) is 28.4 Å². The van der Waals surface area contributed by atoms with Crippen LogP contribution in [0.3, 0.4) is 0 Å². The highest BCUT2D eigenvalue weighted by atomic mass is 16.6. The molecule has 2 amide bonds. The minimum Gasteiger partial charge on any atom is -0.462 e. The van der Waals surface area contributed by atoms with Crippen LogP contribution in [0.1, 0.15) is 417 Å². The Morgan fingerprint density at radius 2 is 0.780 bits per heavy atom. The highest BCUT2D eigenvalue weighted by Gasteiger charge is 2.71. The number of esters is 6. The lowest BCUT2D eigenvalue weighted by Crippen LogP contribution is -2.68. The molecule has 1 heterocycles. The Kier molecular flexibility index (Phi) is 29.0. The van der Waals surface area contributed by atoms with Crippen molar-refractivity contribution in [2.24, 2.45) is 173 Å². The molecule has 15 heteroatoms. The second-order valence-electron chi connectivity index (χ2n) is 50.2. The van der Waals surface area contributed by atoms with Gasteiger partial charge in [0.05, 0.1) is 44.4 Å². The fraction of sp³-hybridized carbons (Fsp3) is 0.926. The van der Waals surface area contributed by atoms with E-state index < -0.39 is 5.41 Å². The summed E-state index contributed by atoms with van der Waals surface area (Å²) in [5, 5.41) is 0. The van der Waals surface area contributed by atoms with E-state index in [9.17, 15) is 38.4 Å². The summed E-state index contributed by atoms with van der Waals surface area (Å²) in [5.74, 6) is 17.1. The normalized spacial score (nSPS) is 39.5. The standard InChI is InChI=1S/C18H28O2.C17H25NO2.2C16H26O2.C16H28O2.C13H22O2.C12H22O2/c1-4-18(2,3)17(19)20-14-9-12-8-13(14)16-11-6-5-10(7-11)15(12)16;1-4-17(2,3)16(20)18-14-12-8-11(13(14)15(18)19)9-6-5-7-10(9)12;1-4-15(2,3)14(17)18-16-8-11-5-12(9-16)7-13(6-11)10-16;1-4-16(2,3)15(17)18-14-9-10-8-13(14)12-7-5-6-11(10)12;1-7-14(2,3)13(17)18-12-10-11-8-9-16(12,6)15(11,4)5;1-4-13(2,3)12(14)15-11-8-9-5-6-10(11)7-9;1-4-12(2,3)11(13)14-10-8-6-5-7-9-10/h10-16H,4-9H2,1-3H3;9-14H,4-8H2,1-3H3;11-13H,4-10H2,1-3H3;10-14H,4-9H2,1-3H3;11-12H,7-10H2,1-6H3;9-11H,4-8H2,1-3H3;10H,4-9H2,1-3H3. The zero-order valence-electron chi connectivity index (χ0n) is 82.3. The minimum absolute atomic E-state index is 0.00236. The number of likely N-dealkylation sites (tertiary alicyclic amines) is 1. The van der Waals surface area contributed by atoms with Crippen LogP contribution in [-0.2, 0) is 66.8 Å². The maximum absolute atomic E-state index is 12.7. The van der Waals surface area contributed by atoms with Crippen LogP contribution in [0.25, 0.3) is 0 Å². The van der Waals surface area contributed by atoms with Crippen molar-refractivity contribution in [2.45, 2.75) is 459 Å². The molecule has 15 nitrogen and oxygen atoms in total. The number of ether oxygens (including phenoxy) is 6. The predicted octanol–water partition coefficient (Wildman–Crippen LogP) is 25.2. The summed E-state index contributed by atoms with van der Waals surface area (Å²) in [6.07, 6.45) is 47.9. The first-order valence-electron chi connectivity index (χ1n) is 51.8. The molecule has 123 heavy (non-hydrogen) atoms. The molecule has 1 aliphatic heterocycles. The molecule has 19 aliphatic carbocycles. The third kappa shape index (κ3) is 19.1. The van der Waals surface area contributed by atoms with E-state index in [1.807, 2.05) is 125 Å². The largest absolute Gasteiger partial charge is 0.462 e. The Bertz CT molecular complexity index is 3700. The van der Waals surface area contributed by atoms with Crippen molar-refractivity contribution in [2.75, 3.05) is 0 Å². The molecule has 0 aromatic rings. The number of imide groups is 1. The van der Waals surface area contributed by atoms with E-state index in [1.54, 1.807) is 4.90 Å². The third-order valence-corrected chi connectivity index (χ3v) is 40.2. The first-order valence-corrected chi connectivity index (χ1v) is 51.8. The average molecular weight is 1710 g/mol. The zero-order chi connectivity index (χ0) is 89.6. The first-order chi connectivity index (χ1) is 57.7. The molecule has 24 atom stereocenters. The van der Waals surface area contributed by atoms with Crippen LogP contribution in [-0.4, -0.2) is 94.7 Å². The summed E-state index contributed by atoms with van der Waals surface area (Å²) in [7, 11) is 0. The molecule has 24 unspecified atom stereocenters. The van der Waals surface area contributed by atoms with Crippen LogP contribution in [0.15, 0.2) is 0 Å². The molecule has 1 saturated heterocycles. The van der Waals surface area contributed by atoms with Crippen molar-refractivity contribution in [1.82, 2.24) is 4.90 Å². The monoisotopic (exact) mass is 1710 g/mol. The van der Waals surface area contributed by atoms with Gasteiger partial charge in [0.2, 0.25) is 11.8 Å². The van der Waals surface area contributed by atoms with Gasteiger partial charge in [-0.15, -0.1) is 0 Å². The molecule has 20 rings (SSSR count). The molecule has 0 N–H and O–H groups in total. The number of amides is 2. The highest BCUT2D eigenvalue weighted by molar-refractivity contribution is 6.04. The van der Waals surface area contributed by atoms with Gasteiger partial charge in [0.25, 0.3) is 0 Å². The van der Waals surface area contributed by atoms with Gasteiger partial charge in [0.15, 0.2) is 0 Å². The van der Waals surface area contributed by atoms with Crippen molar-refractivity contribution < 1.29 is 66.8 Å². The van der Waals surface area contributed by atoms with Gasteiger partial charge in [0, 0.05) is 10.8 Å². The second kappa shape index (κ2) is 37.0. The van der Waals surface area contributed by atoms with Crippen molar-refractivity contribution >= 4 is 47.6 Å². The van der Waals surface area contributed by atoms with E-state index in [0.29, 0.717) is 35.0 Å². The molecule has 20 aliphatic rings. The summed E-state index contributed by atoms with van der Waals surface area (Å²) in [4.78, 5) is 99.7. The molecule has 0 aromatic carbocycles. The number of β-lactam (4-membered cyclic amide) rings is 1. The molecule has 16 bridgehead atoms. The lowest BCUT2D eigenvalue weighted by atomic mass is 9.54. The summed E-state index contributed by atoms with van der Waals surface area (Å²) in [5.41, 5.74) is -1.86. The summed E-state index contributed by atoms with van der Waals surface area (Å²) in [6, 6.07) is 0.269. The summed E-state index contributed by atoms with van der Waals surface area (Å²) in [6.45, 7) is 49.2. The van der Waals surface area contributed by atoms with E-state index in [-0.39, 0.29) is 134 Å². The van der Waals surface area contributed by atoms with Gasteiger partial charge in [-0.3, -0.25) is 43.3 Å². The zero-order valence-corrected chi connectivity index (χ0v) is 82.3. The Labute approximate surface area is 746 Å². The van der Waals surface area contributed by atoms with E-state index in [0.717, 1.165) is 185 Å². The number of carbonyl (C=O) groups excluding carboxylic acids is 8. The Morgan fingerprint density at radius 1 is 0.341 bits per heavy atom. The molecule has 0 spiro atoms. The van der Waals surface area contributed by atoms with Gasteiger partial charge < -0.3 is 28.4 Å². The van der Waals surface area contributed by atoms with Crippen LogP contribution >= 0.6 is 0 Å². The van der Waals surface area contributed by atoms with Crippen molar-refractivity contribution in [3.63, 3.8) is 0 Å². The van der Waals surface area contributed by atoms with Crippen LogP contribution < -0.4 is 0 Å². The lowest BCUT2D eigenvalue weighted by molar-refractivity contribution is -0.196. The first kappa shape index (κ1) is 96.5. The minimum atomic E-state index is -0.391. The van der Waals surface area contributed by atoms with Crippen LogP contribution in [0, 0.1) is 173 Å². The fourth-order valence-corrected chi connectivity index (χ4v) is 29.1. The molecular weight excluding hydrogens is 1540 g/mol. The summed E-state index contributed by atoms with van der Waals surface area (Å²) >= 11 is 0. The van der Waals surface area contributed by atoms with Crippen LogP contribution in [0.5, 0.6) is 0 Å². The Balaban J connectivity index is 0.000000124. The number of hydrogen-bond acceptors (Lipinski definition) is 14. The van der Waals surface area contributed by atoms with Gasteiger partial charge in [-0.1, -0.05) is 102 Å². The molecule has 698 valence electrons. The van der Waals surface area contributed by atoms with E-state index in [1.165, 1.54) is 154 Å². The topological polar surface area (TPSA) is 195 Å². The van der Waals surface area contributed by atoms with Gasteiger partial charge in [0.1, 0.15) is 36.1 Å². The fourth-order valence-electron chi connectivity index (χ4n) is 29.1. The van der Waals surface area contributed by atoms with Crippen LogP contribution in [0.4, 0.5) is 0 Å². The van der Waals surface area contributed by atoms with E-state index in [2.05, 4.69) is 41.5 Å². The maximum Gasteiger partial charge on any atom is 0.312 e. The lowest BCUT2D eigenvalue weighted by Gasteiger charge is -2.56. The number of nitrogens with zero attached hydrogens (tertiary/aromatic N) is 1. The predicted molar refractivity (Wildman–Crippen MR) is 485 cm³/mol. The van der Waals surface area contributed by atoms with Crippen LogP contribution in [0.2, 0.25) is 0 Å². The van der Waals surface area contributed by atoms with Gasteiger partial charge in [-0.05, 0) is 438 Å². The molecule has 0 radical (unpaired) electrons. The number of fused-ring (bicyclic) bond motifs is 26. The number of carbonyl (C=O) groups is 8. The molecule has 20 fully saturated rings. The van der Waals surface area contributed by atoms with Gasteiger partial charge in [-0.25, -0.2) is 0 Å².